The van der Waals surface area contributed by atoms with Gasteiger partial charge in [0.2, 0.25) is 0 Å². The lowest BCUT2D eigenvalue weighted by atomic mass is 10.1. The Kier molecular flexibility index (Phi) is 2.28. The molecule has 0 fully saturated rings. The molecule has 2 aliphatic rings. The van der Waals surface area contributed by atoms with Crippen LogP contribution in [-0.4, -0.2) is 38.8 Å². The Balaban J connectivity index is 1.91. The topological polar surface area (TPSA) is 56.9 Å². The first-order valence-electron chi connectivity index (χ1n) is 6.23. The van der Waals surface area contributed by atoms with Crippen LogP contribution in [0.5, 0.6) is 0 Å². The minimum Gasteiger partial charge on any atom is -0.384 e. The smallest absolute Gasteiger partial charge is 0.161 e. The number of hydrazine groups is 1. The average Bonchev–Trinajstić information content (AvgIpc) is 3.12. The first-order valence-corrected chi connectivity index (χ1v) is 6.23. The van der Waals surface area contributed by atoms with Crippen molar-refractivity contribution in [3.05, 3.63) is 42.4 Å². The number of aliphatic hydroxyl groups is 1. The van der Waals surface area contributed by atoms with Crippen LogP contribution in [0.4, 0.5) is 5.82 Å². The monoisotopic (exact) mass is 265 g/mol. The van der Waals surface area contributed by atoms with Gasteiger partial charge in [-0.05, 0) is 12.1 Å². The second-order valence-corrected chi connectivity index (χ2v) is 4.42. The molecular weight excluding hydrogens is 254 g/mol. The third kappa shape index (κ3) is 1.38. The molecule has 1 aromatic carbocycles. The van der Waals surface area contributed by atoms with Gasteiger partial charge in [-0.1, -0.05) is 18.1 Å². The molecule has 2 aromatic rings. The van der Waals surface area contributed by atoms with Gasteiger partial charge < -0.3 is 5.11 Å². The summed E-state index contributed by atoms with van der Waals surface area (Å²) in [4.78, 5) is 8.78. The fourth-order valence-corrected chi connectivity index (χ4v) is 2.53. The van der Waals surface area contributed by atoms with Crippen LogP contribution in [0.3, 0.4) is 0 Å². The molecule has 6 nitrogen and oxygen atoms in total. The maximum absolute atomic E-state index is 8.86. The predicted octanol–water partition coefficient (Wildman–Crippen LogP) is 0.580. The highest BCUT2D eigenvalue weighted by Crippen LogP contribution is 2.33. The van der Waals surface area contributed by atoms with Crippen molar-refractivity contribution in [3.63, 3.8) is 0 Å². The van der Waals surface area contributed by atoms with Crippen LogP contribution < -0.4 is 5.01 Å². The average molecular weight is 265 g/mol. The highest BCUT2D eigenvalue weighted by Gasteiger charge is 2.34. The van der Waals surface area contributed by atoms with E-state index in [0.717, 1.165) is 22.9 Å². The number of aromatic nitrogens is 2. The number of rotatable bonds is 0. The number of para-hydroxylation sites is 1. The molecule has 0 aliphatic carbocycles. The Labute approximate surface area is 115 Å². The van der Waals surface area contributed by atoms with E-state index in [0.29, 0.717) is 6.67 Å². The van der Waals surface area contributed by atoms with Gasteiger partial charge in [-0.3, -0.25) is 4.57 Å². The minimum atomic E-state index is -0.171. The Morgan fingerprint density at radius 2 is 2.20 bits per heavy atom. The largest absolute Gasteiger partial charge is 0.384 e. The number of aliphatic hydroxyl groups excluding tert-OH is 1. The lowest BCUT2D eigenvalue weighted by molar-refractivity contribution is 0.348. The Morgan fingerprint density at radius 3 is 3.10 bits per heavy atom. The van der Waals surface area contributed by atoms with Crippen molar-refractivity contribution in [3.8, 4) is 17.7 Å². The summed E-state index contributed by atoms with van der Waals surface area (Å²) in [5.41, 5.74) is 2.11. The van der Waals surface area contributed by atoms with Gasteiger partial charge in [-0.15, -0.1) is 0 Å². The van der Waals surface area contributed by atoms with Gasteiger partial charge >= 0.3 is 0 Å². The van der Waals surface area contributed by atoms with Gasteiger partial charge in [0.25, 0.3) is 0 Å². The van der Waals surface area contributed by atoms with Crippen molar-refractivity contribution < 1.29 is 5.11 Å². The molecule has 3 heterocycles. The number of hydrogen-bond donors (Lipinski definition) is 1. The maximum Gasteiger partial charge on any atom is 0.161 e. The SMILES string of the molecule is OCC#CN1CN=C2c3ccccc3-n3cncc3N21. The van der Waals surface area contributed by atoms with Crippen LogP contribution in [0.15, 0.2) is 41.8 Å². The van der Waals surface area contributed by atoms with E-state index in [2.05, 4.69) is 21.9 Å². The third-order valence-corrected chi connectivity index (χ3v) is 3.32. The summed E-state index contributed by atoms with van der Waals surface area (Å²) >= 11 is 0. The van der Waals surface area contributed by atoms with Gasteiger partial charge in [-0.25, -0.2) is 20.0 Å². The molecule has 98 valence electrons. The van der Waals surface area contributed by atoms with Crippen LogP contribution in [0.25, 0.3) is 5.69 Å². The number of benzene rings is 1. The quantitative estimate of drug-likeness (QED) is 0.708. The van der Waals surface area contributed by atoms with E-state index in [1.54, 1.807) is 17.5 Å². The van der Waals surface area contributed by atoms with Crippen molar-refractivity contribution in [2.24, 2.45) is 4.99 Å². The highest BCUT2D eigenvalue weighted by atomic mass is 16.2. The van der Waals surface area contributed by atoms with Crippen LogP contribution in [-0.2, 0) is 0 Å². The molecule has 1 N–H and O–H groups in total. The number of aliphatic imine (C=N–C) groups is 1. The number of nitrogens with zero attached hydrogens (tertiary/aromatic N) is 5. The summed E-state index contributed by atoms with van der Waals surface area (Å²) in [5.74, 6) is 4.41. The van der Waals surface area contributed by atoms with E-state index in [4.69, 9.17) is 5.11 Å². The zero-order valence-electron chi connectivity index (χ0n) is 10.6. The van der Waals surface area contributed by atoms with E-state index >= 15 is 0 Å². The van der Waals surface area contributed by atoms with E-state index < -0.39 is 0 Å². The number of hydrogen-bond acceptors (Lipinski definition) is 5. The van der Waals surface area contributed by atoms with Gasteiger partial charge in [0.15, 0.2) is 11.7 Å². The molecule has 4 rings (SSSR count). The summed E-state index contributed by atoms with van der Waals surface area (Å²) in [7, 11) is 0. The summed E-state index contributed by atoms with van der Waals surface area (Å²) in [6, 6.07) is 11.0. The van der Waals surface area contributed by atoms with E-state index in [1.807, 2.05) is 33.8 Å². The molecule has 2 aliphatic heterocycles. The van der Waals surface area contributed by atoms with Crippen LogP contribution in [0.1, 0.15) is 5.56 Å². The third-order valence-electron chi connectivity index (χ3n) is 3.32. The van der Waals surface area contributed by atoms with Crippen LogP contribution >= 0.6 is 0 Å². The zero-order chi connectivity index (χ0) is 13.5. The molecular formula is C14H11N5O. The van der Waals surface area contributed by atoms with Crippen molar-refractivity contribution in [2.45, 2.75) is 0 Å². The van der Waals surface area contributed by atoms with Gasteiger partial charge in [-0.2, -0.15) is 0 Å². The summed E-state index contributed by atoms with van der Waals surface area (Å²) in [6.07, 6.45) is 3.56. The maximum atomic E-state index is 8.86. The van der Waals surface area contributed by atoms with Crippen molar-refractivity contribution >= 4 is 11.7 Å². The number of fused-ring (bicyclic) bond motifs is 6. The van der Waals surface area contributed by atoms with Crippen molar-refractivity contribution in [1.29, 1.82) is 0 Å². The van der Waals surface area contributed by atoms with E-state index in [1.165, 1.54) is 0 Å². The molecule has 6 heteroatoms. The number of imidazole rings is 1. The molecule has 0 atom stereocenters. The van der Waals surface area contributed by atoms with Gasteiger partial charge in [0, 0.05) is 11.6 Å². The lowest BCUT2D eigenvalue weighted by Crippen LogP contribution is -2.42. The van der Waals surface area contributed by atoms with E-state index in [-0.39, 0.29) is 6.61 Å². The standard InChI is InChI=1S/C14H11N5O/c20-7-3-6-17-10-16-14-11-4-1-2-5-12(11)18-9-15-8-13(18)19(14)17/h1-2,4-5,8-9,20H,7,10H2. The number of amidine groups is 1. The molecule has 1 aromatic heterocycles. The molecule has 0 radical (unpaired) electrons. The zero-order valence-corrected chi connectivity index (χ0v) is 10.6. The molecule has 0 saturated heterocycles. The fraction of sp³-hybridized carbons (Fsp3) is 0.143. The second-order valence-electron chi connectivity index (χ2n) is 4.42. The molecule has 20 heavy (non-hydrogen) atoms. The highest BCUT2D eigenvalue weighted by molar-refractivity contribution is 6.14. The fourth-order valence-electron chi connectivity index (χ4n) is 2.53. The Hall–Kier alpha value is -2.78. The normalized spacial score (nSPS) is 14.9. The number of anilines is 1. The first kappa shape index (κ1) is 11.1. The molecule has 0 saturated carbocycles. The van der Waals surface area contributed by atoms with Crippen molar-refractivity contribution in [2.75, 3.05) is 18.3 Å². The molecule has 0 amide bonds. The van der Waals surface area contributed by atoms with Crippen LogP contribution in [0, 0.1) is 12.0 Å². The first-order chi connectivity index (χ1) is 9.90. The predicted molar refractivity (Wildman–Crippen MR) is 74.1 cm³/mol. The van der Waals surface area contributed by atoms with Gasteiger partial charge in [0.05, 0.1) is 11.9 Å². The molecule has 0 unspecified atom stereocenters. The summed E-state index contributed by atoms with van der Waals surface area (Å²) in [5, 5.41) is 12.6. The van der Waals surface area contributed by atoms with E-state index in [9.17, 15) is 0 Å². The second kappa shape index (κ2) is 4.11. The Morgan fingerprint density at radius 1 is 1.30 bits per heavy atom. The molecule has 0 spiro atoms. The summed E-state index contributed by atoms with van der Waals surface area (Å²) < 4.78 is 2.01. The van der Waals surface area contributed by atoms with Gasteiger partial charge in [0.1, 0.15) is 19.6 Å². The Bertz CT molecular complexity index is 767. The van der Waals surface area contributed by atoms with Crippen LogP contribution in [0.2, 0.25) is 0 Å². The summed E-state index contributed by atoms with van der Waals surface area (Å²) in [6.45, 7) is 0.275. The lowest BCUT2D eigenvalue weighted by Gasteiger charge is -2.32. The van der Waals surface area contributed by atoms with Crippen molar-refractivity contribution in [1.82, 2.24) is 14.6 Å². The molecule has 0 bridgehead atoms. The minimum absolute atomic E-state index is 0.171.